The first-order valence-corrected chi connectivity index (χ1v) is 5.09. The summed E-state index contributed by atoms with van der Waals surface area (Å²) in [6.07, 6.45) is 2.83. The maximum absolute atomic E-state index is 7.86. The minimum atomic E-state index is 0.593. The number of hydrogen-bond donors (Lipinski definition) is 1. The van der Waals surface area contributed by atoms with Gasteiger partial charge in [0, 0.05) is 12.7 Å². The highest BCUT2D eigenvalue weighted by atomic mass is 32.1. The van der Waals surface area contributed by atoms with Crippen molar-refractivity contribution in [2.75, 3.05) is 0 Å². The molecule has 68 valence electrons. The van der Waals surface area contributed by atoms with E-state index >= 15 is 0 Å². The molecule has 0 atom stereocenters. The van der Waals surface area contributed by atoms with Crippen LogP contribution in [0.4, 0.5) is 0 Å². The number of nitrogens with one attached hydrogen (secondary N) is 1. The van der Waals surface area contributed by atoms with Crippen LogP contribution in [-0.4, -0.2) is 8.94 Å². The first-order chi connectivity index (χ1) is 6.33. The summed E-state index contributed by atoms with van der Waals surface area (Å²) in [5.74, 6) is 0. The molecule has 2 heterocycles. The molecule has 0 bridgehead atoms. The van der Waals surface area contributed by atoms with Crippen molar-refractivity contribution in [1.29, 1.82) is 5.41 Å². The number of hydrogen-bond acceptors (Lipinski definition) is 3. The van der Waals surface area contributed by atoms with Crippen LogP contribution < -0.4 is 5.49 Å². The van der Waals surface area contributed by atoms with Gasteiger partial charge in [-0.05, 0) is 30.1 Å². The molecule has 3 nitrogen and oxygen atoms in total. The van der Waals surface area contributed by atoms with E-state index in [-0.39, 0.29) is 0 Å². The number of aromatic nitrogens is 2. The van der Waals surface area contributed by atoms with Crippen LogP contribution in [0.3, 0.4) is 0 Å². The second-order valence-electron chi connectivity index (χ2n) is 2.90. The standard InChI is InChI=1S/C9H11N3S/c1-2-6-12-8(10)7-4-3-5-11-9(7)13-12/h3-5,10H,2,6H2,1H3. The fourth-order valence-electron chi connectivity index (χ4n) is 1.29. The largest absolute Gasteiger partial charge is 0.283 e. The Balaban J connectivity index is 2.67. The average molecular weight is 193 g/mol. The molecule has 1 N–H and O–H groups in total. The monoisotopic (exact) mass is 193 g/mol. The maximum Gasteiger partial charge on any atom is 0.144 e. The third-order valence-corrected chi connectivity index (χ3v) is 2.98. The summed E-state index contributed by atoms with van der Waals surface area (Å²) in [6, 6.07) is 3.83. The zero-order valence-electron chi connectivity index (χ0n) is 7.45. The van der Waals surface area contributed by atoms with Gasteiger partial charge in [-0.1, -0.05) is 6.92 Å². The van der Waals surface area contributed by atoms with Gasteiger partial charge in [-0.3, -0.25) is 9.37 Å². The van der Waals surface area contributed by atoms with Gasteiger partial charge in [-0.15, -0.1) is 0 Å². The Hall–Kier alpha value is -1.16. The zero-order valence-corrected chi connectivity index (χ0v) is 8.27. The predicted molar refractivity (Wildman–Crippen MR) is 53.8 cm³/mol. The fourth-order valence-corrected chi connectivity index (χ4v) is 2.33. The van der Waals surface area contributed by atoms with E-state index in [0.29, 0.717) is 5.49 Å². The SMILES string of the molecule is CCCn1sc2ncccc2c1=N. The van der Waals surface area contributed by atoms with E-state index in [1.807, 2.05) is 16.1 Å². The molecular formula is C9H11N3S. The van der Waals surface area contributed by atoms with Crippen molar-refractivity contribution >= 4 is 21.7 Å². The lowest BCUT2D eigenvalue weighted by molar-refractivity contribution is 0.701. The molecule has 13 heavy (non-hydrogen) atoms. The minimum Gasteiger partial charge on any atom is -0.283 e. The Labute approximate surface area is 80.3 Å². The first kappa shape index (κ1) is 8.44. The van der Waals surface area contributed by atoms with E-state index in [1.165, 1.54) is 0 Å². The molecule has 0 spiro atoms. The van der Waals surface area contributed by atoms with Crippen molar-refractivity contribution in [3.8, 4) is 0 Å². The molecule has 0 aliphatic heterocycles. The number of fused-ring (bicyclic) bond motifs is 1. The summed E-state index contributed by atoms with van der Waals surface area (Å²) in [5, 5.41) is 8.82. The van der Waals surface area contributed by atoms with E-state index in [4.69, 9.17) is 5.41 Å². The highest BCUT2D eigenvalue weighted by molar-refractivity contribution is 7.13. The molecule has 4 heteroatoms. The summed E-state index contributed by atoms with van der Waals surface area (Å²) >= 11 is 1.57. The molecule has 0 fully saturated rings. The van der Waals surface area contributed by atoms with Crippen molar-refractivity contribution in [3.05, 3.63) is 23.8 Å². The fraction of sp³-hybridized carbons (Fsp3) is 0.333. The molecule has 2 rings (SSSR count). The van der Waals surface area contributed by atoms with Gasteiger partial charge in [0.25, 0.3) is 0 Å². The Morgan fingerprint density at radius 2 is 2.46 bits per heavy atom. The molecule has 0 unspecified atom stereocenters. The third-order valence-electron chi connectivity index (χ3n) is 1.90. The number of rotatable bonds is 2. The van der Waals surface area contributed by atoms with E-state index in [0.717, 1.165) is 23.2 Å². The molecule has 0 aliphatic carbocycles. The number of pyridine rings is 1. The number of aryl methyl sites for hydroxylation is 1. The Bertz CT molecular complexity index is 469. The van der Waals surface area contributed by atoms with Gasteiger partial charge in [0.05, 0.1) is 5.39 Å². The average Bonchev–Trinajstić information content (AvgIpc) is 2.46. The van der Waals surface area contributed by atoms with Crippen LogP contribution >= 0.6 is 11.5 Å². The minimum absolute atomic E-state index is 0.593. The zero-order chi connectivity index (χ0) is 9.26. The van der Waals surface area contributed by atoms with E-state index in [1.54, 1.807) is 17.7 Å². The molecule has 2 aromatic heterocycles. The Morgan fingerprint density at radius 3 is 3.15 bits per heavy atom. The summed E-state index contributed by atoms with van der Waals surface area (Å²) in [7, 11) is 0. The van der Waals surface area contributed by atoms with Gasteiger partial charge < -0.3 is 0 Å². The lowest BCUT2D eigenvalue weighted by atomic mass is 10.3. The van der Waals surface area contributed by atoms with Crippen molar-refractivity contribution in [3.63, 3.8) is 0 Å². The molecular weight excluding hydrogens is 182 g/mol. The normalized spacial score (nSPS) is 10.8. The Kier molecular flexibility index (Phi) is 2.14. The van der Waals surface area contributed by atoms with Crippen molar-refractivity contribution < 1.29 is 0 Å². The van der Waals surface area contributed by atoms with Crippen molar-refractivity contribution in [1.82, 2.24) is 8.94 Å². The molecule has 2 aromatic rings. The Morgan fingerprint density at radius 1 is 1.62 bits per heavy atom. The van der Waals surface area contributed by atoms with Crippen LogP contribution in [0.1, 0.15) is 13.3 Å². The van der Waals surface area contributed by atoms with Gasteiger partial charge >= 0.3 is 0 Å². The second-order valence-corrected chi connectivity index (χ2v) is 3.91. The van der Waals surface area contributed by atoms with Crippen LogP contribution in [0, 0.1) is 5.41 Å². The summed E-state index contributed by atoms with van der Waals surface area (Å²) in [5.41, 5.74) is 0.593. The summed E-state index contributed by atoms with van der Waals surface area (Å²) in [4.78, 5) is 5.18. The van der Waals surface area contributed by atoms with E-state index < -0.39 is 0 Å². The third kappa shape index (κ3) is 1.37. The van der Waals surface area contributed by atoms with Crippen molar-refractivity contribution in [2.45, 2.75) is 19.9 Å². The van der Waals surface area contributed by atoms with Crippen LogP contribution in [0.5, 0.6) is 0 Å². The van der Waals surface area contributed by atoms with Crippen molar-refractivity contribution in [2.24, 2.45) is 0 Å². The highest BCUT2D eigenvalue weighted by Crippen LogP contribution is 2.12. The summed E-state index contributed by atoms with van der Waals surface area (Å²) in [6.45, 7) is 3.03. The van der Waals surface area contributed by atoms with Crippen LogP contribution in [0.2, 0.25) is 0 Å². The summed E-state index contributed by atoms with van der Waals surface area (Å²) < 4.78 is 1.98. The van der Waals surface area contributed by atoms with E-state index in [9.17, 15) is 0 Å². The molecule has 0 saturated carbocycles. The first-order valence-electron chi connectivity index (χ1n) is 4.32. The van der Waals surface area contributed by atoms with Crippen LogP contribution in [-0.2, 0) is 6.54 Å². The lowest BCUT2D eigenvalue weighted by Crippen LogP contribution is -2.12. The van der Waals surface area contributed by atoms with Crippen LogP contribution in [0.15, 0.2) is 18.3 Å². The second kappa shape index (κ2) is 3.30. The molecule has 0 aromatic carbocycles. The number of nitrogens with zero attached hydrogens (tertiary/aromatic N) is 2. The van der Waals surface area contributed by atoms with Gasteiger partial charge in [0.1, 0.15) is 10.3 Å². The van der Waals surface area contributed by atoms with E-state index in [2.05, 4.69) is 11.9 Å². The van der Waals surface area contributed by atoms with Gasteiger partial charge in [-0.25, -0.2) is 4.98 Å². The highest BCUT2D eigenvalue weighted by Gasteiger charge is 2.02. The maximum atomic E-state index is 7.86. The molecule has 0 aliphatic rings. The smallest absolute Gasteiger partial charge is 0.144 e. The quantitative estimate of drug-likeness (QED) is 0.778. The van der Waals surface area contributed by atoms with Gasteiger partial charge in [0.15, 0.2) is 0 Å². The van der Waals surface area contributed by atoms with Crippen LogP contribution in [0.25, 0.3) is 10.2 Å². The van der Waals surface area contributed by atoms with Gasteiger partial charge in [-0.2, -0.15) is 0 Å². The molecule has 0 saturated heterocycles. The molecule has 0 amide bonds. The van der Waals surface area contributed by atoms with Gasteiger partial charge in [0.2, 0.25) is 0 Å². The predicted octanol–water partition coefficient (Wildman–Crippen LogP) is 1.99. The lowest BCUT2D eigenvalue weighted by Gasteiger charge is -1.94. The topological polar surface area (TPSA) is 41.7 Å². The molecule has 0 radical (unpaired) electrons.